The molecule has 0 radical (unpaired) electrons. The molecular weight excluding hydrogens is 280 g/mol. The number of aryl methyl sites for hydroxylation is 2. The maximum absolute atomic E-state index is 12.7. The molecule has 1 aromatic heterocycles. The van der Waals surface area contributed by atoms with Gasteiger partial charge in [0.2, 0.25) is 5.91 Å². The van der Waals surface area contributed by atoms with Gasteiger partial charge in [0.05, 0.1) is 18.9 Å². The predicted octanol–water partition coefficient (Wildman–Crippen LogP) is 2.79. The number of hydrogen-bond acceptors (Lipinski definition) is 4. The minimum absolute atomic E-state index is 0.109. The molecule has 0 unspecified atom stereocenters. The Bertz CT molecular complexity index is 659. The van der Waals surface area contributed by atoms with E-state index < -0.39 is 0 Å². The van der Waals surface area contributed by atoms with E-state index in [1.807, 2.05) is 43.0 Å². The van der Waals surface area contributed by atoms with Crippen LogP contribution in [0.25, 0.3) is 0 Å². The summed E-state index contributed by atoms with van der Waals surface area (Å²) in [5.41, 5.74) is 3.92. The third-order valence-corrected chi connectivity index (χ3v) is 4.07. The summed E-state index contributed by atoms with van der Waals surface area (Å²) in [6.07, 6.45) is 1.09. The number of ether oxygens (including phenoxy) is 1. The highest BCUT2D eigenvalue weighted by Crippen LogP contribution is 2.25. The maximum atomic E-state index is 12.7. The van der Waals surface area contributed by atoms with E-state index in [9.17, 15) is 4.79 Å². The zero-order valence-corrected chi connectivity index (χ0v) is 13.0. The molecular formula is C17H20N2O3. The fraction of sp³-hybridized carbons (Fsp3) is 0.412. The number of carbonyl (C=O) groups excluding carboxylic acids is 1. The Morgan fingerprint density at radius 3 is 2.91 bits per heavy atom. The lowest BCUT2D eigenvalue weighted by Crippen LogP contribution is -2.33. The van der Waals surface area contributed by atoms with E-state index >= 15 is 0 Å². The fourth-order valence-corrected chi connectivity index (χ4v) is 2.84. The number of carbonyl (C=O) groups is 1. The third-order valence-electron chi connectivity index (χ3n) is 4.07. The SMILES string of the molecule is Cc1noc(C)c1CCC(=O)N1CCOCc2ccccc21. The second-order valence-electron chi connectivity index (χ2n) is 5.53. The third kappa shape index (κ3) is 2.90. The number of hydrogen-bond donors (Lipinski definition) is 0. The molecule has 0 spiro atoms. The summed E-state index contributed by atoms with van der Waals surface area (Å²) in [4.78, 5) is 14.5. The second-order valence-corrected chi connectivity index (χ2v) is 5.53. The van der Waals surface area contributed by atoms with Crippen molar-refractivity contribution < 1.29 is 14.1 Å². The molecule has 0 saturated carbocycles. The van der Waals surface area contributed by atoms with Gasteiger partial charge in [0.25, 0.3) is 0 Å². The molecule has 0 N–H and O–H groups in total. The van der Waals surface area contributed by atoms with E-state index in [-0.39, 0.29) is 5.91 Å². The summed E-state index contributed by atoms with van der Waals surface area (Å²) in [7, 11) is 0. The molecule has 0 saturated heterocycles. The largest absolute Gasteiger partial charge is 0.375 e. The molecule has 2 heterocycles. The smallest absolute Gasteiger partial charge is 0.227 e. The van der Waals surface area contributed by atoms with Gasteiger partial charge < -0.3 is 14.2 Å². The fourth-order valence-electron chi connectivity index (χ4n) is 2.84. The summed E-state index contributed by atoms with van der Waals surface area (Å²) in [6.45, 7) is 5.51. The van der Waals surface area contributed by atoms with Crippen LogP contribution in [-0.2, 0) is 22.6 Å². The molecule has 5 nitrogen and oxygen atoms in total. The first kappa shape index (κ1) is 14.8. The highest BCUT2D eigenvalue weighted by Gasteiger charge is 2.21. The Labute approximate surface area is 129 Å². The summed E-state index contributed by atoms with van der Waals surface area (Å²) in [6, 6.07) is 7.92. The number of anilines is 1. The van der Waals surface area contributed by atoms with Crippen LogP contribution in [-0.4, -0.2) is 24.2 Å². The van der Waals surface area contributed by atoms with Crippen molar-refractivity contribution in [3.05, 3.63) is 46.8 Å². The first-order valence-electron chi connectivity index (χ1n) is 7.54. The zero-order chi connectivity index (χ0) is 15.5. The van der Waals surface area contributed by atoms with Crippen LogP contribution in [0.4, 0.5) is 5.69 Å². The standard InChI is InChI=1S/C17H20N2O3/c1-12-15(13(2)22-18-12)7-8-17(20)19-9-10-21-11-14-5-3-4-6-16(14)19/h3-6H,7-11H2,1-2H3. The molecule has 1 aliphatic heterocycles. The summed E-state index contributed by atoms with van der Waals surface area (Å²) < 4.78 is 10.7. The topological polar surface area (TPSA) is 55.6 Å². The molecule has 3 rings (SSSR count). The summed E-state index contributed by atoms with van der Waals surface area (Å²) in [5, 5.41) is 3.94. The van der Waals surface area contributed by atoms with Gasteiger partial charge in [0, 0.05) is 29.8 Å². The van der Waals surface area contributed by atoms with E-state index in [1.165, 1.54) is 0 Å². The number of amides is 1. The van der Waals surface area contributed by atoms with Crippen molar-refractivity contribution in [2.45, 2.75) is 33.3 Å². The van der Waals surface area contributed by atoms with Crippen LogP contribution in [0, 0.1) is 13.8 Å². The Kier molecular flexibility index (Phi) is 4.24. The van der Waals surface area contributed by atoms with E-state index in [0.29, 0.717) is 32.6 Å². The molecule has 0 aliphatic carbocycles. The van der Waals surface area contributed by atoms with Gasteiger partial charge in [-0.3, -0.25) is 4.79 Å². The summed E-state index contributed by atoms with van der Waals surface area (Å²) in [5.74, 6) is 0.905. The van der Waals surface area contributed by atoms with Crippen molar-refractivity contribution in [3.8, 4) is 0 Å². The number of para-hydroxylation sites is 1. The van der Waals surface area contributed by atoms with E-state index in [0.717, 1.165) is 28.3 Å². The first-order chi connectivity index (χ1) is 10.7. The van der Waals surface area contributed by atoms with Gasteiger partial charge in [-0.1, -0.05) is 23.4 Å². The molecule has 0 fully saturated rings. The second kappa shape index (κ2) is 6.32. The van der Waals surface area contributed by atoms with E-state index in [1.54, 1.807) is 0 Å². The Morgan fingerprint density at radius 1 is 1.32 bits per heavy atom. The molecule has 1 amide bonds. The van der Waals surface area contributed by atoms with Crippen LogP contribution in [0.5, 0.6) is 0 Å². The van der Waals surface area contributed by atoms with Crippen LogP contribution in [0.2, 0.25) is 0 Å². The van der Waals surface area contributed by atoms with Crippen molar-refractivity contribution in [2.24, 2.45) is 0 Å². The van der Waals surface area contributed by atoms with Gasteiger partial charge in [-0.25, -0.2) is 0 Å². The van der Waals surface area contributed by atoms with Crippen molar-refractivity contribution in [1.29, 1.82) is 0 Å². The maximum Gasteiger partial charge on any atom is 0.227 e. The van der Waals surface area contributed by atoms with Crippen LogP contribution < -0.4 is 4.90 Å². The number of fused-ring (bicyclic) bond motifs is 1. The molecule has 5 heteroatoms. The average molecular weight is 300 g/mol. The number of aromatic nitrogens is 1. The van der Waals surface area contributed by atoms with E-state index in [2.05, 4.69) is 5.16 Å². The molecule has 1 aliphatic rings. The van der Waals surface area contributed by atoms with Crippen molar-refractivity contribution in [2.75, 3.05) is 18.1 Å². The minimum Gasteiger partial charge on any atom is -0.375 e. The highest BCUT2D eigenvalue weighted by molar-refractivity contribution is 5.94. The van der Waals surface area contributed by atoms with Crippen molar-refractivity contribution in [3.63, 3.8) is 0 Å². The predicted molar refractivity (Wildman–Crippen MR) is 82.7 cm³/mol. The molecule has 0 bridgehead atoms. The molecule has 2 aromatic rings. The normalized spacial score (nSPS) is 14.5. The monoisotopic (exact) mass is 300 g/mol. The van der Waals surface area contributed by atoms with Gasteiger partial charge in [-0.2, -0.15) is 0 Å². The number of nitrogens with zero attached hydrogens (tertiary/aromatic N) is 2. The lowest BCUT2D eigenvalue weighted by atomic mass is 10.1. The Hall–Kier alpha value is -2.14. The van der Waals surface area contributed by atoms with Gasteiger partial charge in [0.1, 0.15) is 5.76 Å². The molecule has 1 aromatic carbocycles. The van der Waals surface area contributed by atoms with Crippen LogP contribution in [0.15, 0.2) is 28.8 Å². The number of rotatable bonds is 3. The van der Waals surface area contributed by atoms with Gasteiger partial charge in [0.15, 0.2) is 0 Å². The zero-order valence-electron chi connectivity index (χ0n) is 13.0. The van der Waals surface area contributed by atoms with Gasteiger partial charge >= 0.3 is 0 Å². The number of benzene rings is 1. The van der Waals surface area contributed by atoms with Crippen LogP contribution in [0.3, 0.4) is 0 Å². The highest BCUT2D eigenvalue weighted by atomic mass is 16.5. The van der Waals surface area contributed by atoms with Crippen LogP contribution >= 0.6 is 0 Å². The van der Waals surface area contributed by atoms with Crippen molar-refractivity contribution in [1.82, 2.24) is 5.16 Å². The van der Waals surface area contributed by atoms with Crippen molar-refractivity contribution >= 4 is 11.6 Å². The minimum atomic E-state index is 0.109. The van der Waals surface area contributed by atoms with Gasteiger partial charge in [-0.15, -0.1) is 0 Å². The van der Waals surface area contributed by atoms with Gasteiger partial charge in [-0.05, 0) is 26.3 Å². The molecule has 116 valence electrons. The average Bonchev–Trinajstić information content (AvgIpc) is 2.74. The molecule has 0 atom stereocenters. The van der Waals surface area contributed by atoms with E-state index in [4.69, 9.17) is 9.26 Å². The Balaban J connectivity index is 1.75. The first-order valence-corrected chi connectivity index (χ1v) is 7.54. The van der Waals surface area contributed by atoms with Crippen LogP contribution in [0.1, 0.15) is 29.0 Å². The quantitative estimate of drug-likeness (QED) is 0.874. The summed E-state index contributed by atoms with van der Waals surface area (Å²) >= 11 is 0. The Morgan fingerprint density at radius 2 is 2.14 bits per heavy atom. The lowest BCUT2D eigenvalue weighted by Gasteiger charge is -2.22. The lowest BCUT2D eigenvalue weighted by molar-refractivity contribution is -0.118. The molecule has 22 heavy (non-hydrogen) atoms.